The maximum absolute atomic E-state index is 12.6. The summed E-state index contributed by atoms with van der Waals surface area (Å²) in [6, 6.07) is 16.8. The lowest BCUT2D eigenvalue weighted by Gasteiger charge is -2.24. The lowest BCUT2D eigenvalue weighted by molar-refractivity contribution is -0.121. The van der Waals surface area contributed by atoms with Crippen LogP contribution in [0.5, 0.6) is 0 Å². The predicted octanol–water partition coefficient (Wildman–Crippen LogP) is 4.36. The van der Waals surface area contributed by atoms with Crippen molar-refractivity contribution in [2.75, 3.05) is 10.6 Å². The van der Waals surface area contributed by atoms with E-state index in [1.165, 1.54) is 0 Å². The molecule has 0 saturated heterocycles. The van der Waals surface area contributed by atoms with Crippen LogP contribution < -0.4 is 10.6 Å². The second-order valence-corrected chi connectivity index (χ2v) is 7.63. The highest BCUT2D eigenvalue weighted by Gasteiger charge is 2.26. The summed E-state index contributed by atoms with van der Waals surface area (Å²) in [6.07, 6.45) is 1.38. The predicted molar refractivity (Wildman–Crippen MR) is 113 cm³/mol. The molecule has 0 saturated carbocycles. The Hall–Kier alpha value is -3.12. The molecule has 0 bridgehead atoms. The number of para-hydroxylation sites is 1. The molecule has 29 heavy (non-hydrogen) atoms. The molecular formula is C22H21ClN4O2. The smallest absolute Gasteiger partial charge is 0.227 e. The Morgan fingerprint density at radius 3 is 2.90 bits per heavy atom. The van der Waals surface area contributed by atoms with Crippen LogP contribution >= 0.6 is 11.6 Å². The lowest BCUT2D eigenvalue weighted by atomic mass is 9.89. The van der Waals surface area contributed by atoms with Crippen molar-refractivity contribution in [1.29, 1.82) is 0 Å². The second kappa shape index (κ2) is 8.09. The summed E-state index contributed by atoms with van der Waals surface area (Å²) in [6.45, 7) is 1.86. The minimum atomic E-state index is -0.213. The Balaban J connectivity index is 1.42. The average Bonchev–Trinajstić information content (AvgIpc) is 3.06. The third kappa shape index (κ3) is 4.32. The van der Waals surface area contributed by atoms with Crippen molar-refractivity contribution in [3.05, 3.63) is 70.9 Å². The van der Waals surface area contributed by atoms with E-state index in [0.29, 0.717) is 23.7 Å². The highest BCUT2D eigenvalue weighted by atomic mass is 35.5. The minimum Gasteiger partial charge on any atom is -0.326 e. The third-order valence-corrected chi connectivity index (χ3v) is 5.22. The van der Waals surface area contributed by atoms with Gasteiger partial charge in [-0.25, -0.2) is 4.68 Å². The van der Waals surface area contributed by atoms with Gasteiger partial charge in [0, 0.05) is 29.1 Å². The van der Waals surface area contributed by atoms with E-state index in [0.717, 1.165) is 22.6 Å². The van der Waals surface area contributed by atoms with Gasteiger partial charge in [-0.15, -0.1) is 0 Å². The van der Waals surface area contributed by atoms with Crippen LogP contribution in [-0.4, -0.2) is 21.6 Å². The first-order valence-electron chi connectivity index (χ1n) is 9.51. The van der Waals surface area contributed by atoms with Crippen LogP contribution in [0.4, 0.5) is 11.5 Å². The fourth-order valence-corrected chi connectivity index (χ4v) is 3.73. The molecule has 6 nitrogen and oxygen atoms in total. The Morgan fingerprint density at radius 1 is 1.24 bits per heavy atom. The van der Waals surface area contributed by atoms with E-state index in [1.807, 2.05) is 49.4 Å². The van der Waals surface area contributed by atoms with Crippen LogP contribution in [0.15, 0.2) is 54.6 Å². The molecule has 3 aromatic rings. The van der Waals surface area contributed by atoms with E-state index in [9.17, 15) is 9.59 Å². The molecule has 1 unspecified atom stereocenters. The topological polar surface area (TPSA) is 76.0 Å². The number of fused-ring (bicyclic) bond motifs is 1. The molecule has 7 heteroatoms. The van der Waals surface area contributed by atoms with Gasteiger partial charge in [-0.2, -0.15) is 5.10 Å². The highest BCUT2D eigenvalue weighted by molar-refractivity contribution is 6.30. The first kappa shape index (κ1) is 19.2. The molecule has 0 spiro atoms. The maximum atomic E-state index is 12.6. The minimum absolute atomic E-state index is 0.0312. The van der Waals surface area contributed by atoms with Gasteiger partial charge < -0.3 is 10.6 Å². The summed E-state index contributed by atoms with van der Waals surface area (Å²) in [4.78, 5) is 24.9. The first-order valence-corrected chi connectivity index (χ1v) is 9.88. The quantitative estimate of drug-likeness (QED) is 0.658. The van der Waals surface area contributed by atoms with E-state index < -0.39 is 0 Å². The van der Waals surface area contributed by atoms with Gasteiger partial charge in [0.1, 0.15) is 5.82 Å². The van der Waals surface area contributed by atoms with E-state index in [-0.39, 0.29) is 24.2 Å². The van der Waals surface area contributed by atoms with Crippen LogP contribution in [0.3, 0.4) is 0 Å². The van der Waals surface area contributed by atoms with Crippen molar-refractivity contribution < 1.29 is 9.59 Å². The average molecular weight is 409 g/mol. The van der Waals surface area contributed by atoms with Gasteiger partial charge in [0.05, 0.1) is 11.4 Å². The zero-order valence-electron chi connectivity index (χ0n) is 16.0. The largest absolute Gasteiger partial charge is 0.326 e. The molecule has 0 radical (unpaired) electrons. The molecule has 1 aliphatic rings. The van der Waals surface area contributed by atoms with Gasteiger partial charge in [0.2, 0.25) is 11.8 Å². The number of aryl methyl sites for hydroxylation is 1. The van der Waals surface area contributed by atoms with Crippen molar-refractivity contribution in [1.82, 2.24) is 9.78 Å². The molecular weight excluding hydrogens is 388 g/mol. The van der Waals surface area contributed by atoms with E-state index in [1.54, 1.807) is 16.8 Å². The van der Waals surface area contributed by atoms with Gasteiger partial charge in [0.15, 0.2) is 0 Å². The summed E-state index contributed by atoms with van der Waals surface area (Å²) in [7, 11) is 0. The number of carbonyl (C=O) groups is 2. The normalized spacial score (nSPS) is 15.5. The molecule has 2 amide bonds. The maximum Gasteiger partial charge on any atom is 0.227 e. The molecule has 148 valence electrons. The molecule has 1 aliphatic heterocycles. The fraction of sp³-hybridized carbons (Fsp3) is 0.227. The number of hydrogen-bond acceptors (Lipinski definition) is 3. The van der Waals surface area contributed by atoms with Crippen LogP contribution in [0.2, 0.25) is 5.02 Å². The Morgan fingerprint density at radius 2 is 2.07 bits per heavy atom. The number of carbonyl (C=O) groups excluding carboxylic acids is 2. The van der Waals surface area contributed by atoms with E-state index in [2.05, 4.69) is 15.7 Å². The summed E-state index contributed by atoms with van der Waals surface area (Å²) >= 11 is 6.08. The molecule has 2 N–H and O–H groups in total. The molecule has 4 rings (SSSR count). The van der Waals surface area contributed by atoms with Gasteiger partial charge in [0.25, 0.3) is 0 Å². The molecule has 1 atom stereocenters. The third-order valence-electron chi connectivity index (χ3n) is 4.98. The van der Waals surface area contributed by atoms with E-state index >= 15 is 0 Å². The number of nitrogens with one attached hydrogen (secondary N) is 2. The number of aromatic nitrogens is 2. The standard InChI is InChI=1S/C22H21ClN4O2/c1-14-11-20(27(26-14)18-7-4-6-17(23)13-18)25-21(28)10-9-16-12-15-5-2-3-8-19(15)24-22(16)29/h2-8,11,13,16H,9-10,12H2,1H3,(H,24,29)(H,25,28). The zero-order chi connectivity index (χ0) is 20.4. The van der Waals surface area contributed by atoms with Crippen molar-refractivity contribution in [3.63, 3.8) is 0 Å². The van der Waals surface area contributed by atoms with Crippen LogP contribution in [0.1, 0.15) is 24.1 Å². The van der Waals surface area contributed by atoms with Crippen molar-refractivity contribution >= 4 is 34.9 Å². The SMILES string of the molecule is Cc1cc(NC(=O)CCC2Cc3ccccc3NC2=O)n(-c2cccc(Cl)c2)n1. The molecule has 0 aliphatic carbocycles. The van der Waals surface area contributed by atoms with Gasteiger partial charge in [-0.05, 0) is 49.6 Å². The second-order valence-electron chi connectivity index (χ2n) is 7.20. The Labute approximate surface area is 173 Å². The molecule has 2 heterocycles. The number of halogens is 1. The number of nitrogens with zero attached hydrogens (tertiary/aromatic N) is 2. The number of anilines is 2. The van der Waals surface area contributed by atoms with Crippen LogP contribution in [0.25, 0.3) is 5.69 Å². The van der Waals surface area contributed by atoms with Crippen LogP contribution in [0, 0.1) is 12.8 Å². The van der Waals surface area contributed by atoms with Crippen molar-refractivity contribution in [2.45, 2.75) is 26.2 Å². The first-order chi connectivity index (χ1) is 14.0. The van der Waals surface area contributed by atoms with E-state index in [4.69, 9.17) is 11.6 Å². The summed E-state index contributed by atoms with van der Waals surface area (Å²) in [5, 5.41) is 10.9. The van der Waals surface area contributed by atoms with Gasteiger partial charge in [-0.3, -0.25) is 9.59 Å². The van der Waals surface area contributed by atoms with Crippen molar-refractivity contribution in [3.8, 4) is 5.69 Å². The molecule has 1 aromatic heterocycles. The monoisotopic (exact) mass is 408 g/mol. The Bertz CT molecular complexity index is 1080. The number of hydrogen-bond donors (Lipinski definition) is 2. The summed E-state index contributed by atoms with van der Waals surface area (Å²) in [5.74, 6) is 0.180. The van der Waals surface area contributed by atoms with Gasteiger partial charge >= 0.3 is 0 Å². The lowest BCUT2D eigenvalue weighted by Crippen LogP contribution is -2.30. The fourth-order valence-electron chi connectivity index (χ4n) is 3.55. The number of rotatable bonds is 5. The highest BCUT2D eigenvalue weighted by Crippen LogP contribution is 2.28. The summed E-state index contributed by atoms with van der Waals surface area (Å²) < 4.78 is 1.66. The van der Waals surface area contributed by atoms with Crippen LogP contribution in [-0.2, 0) is 16.0 Å². The molecule has 0 fully saturated rings. The van der Waals surface area contributed by atoms with Gasteiger partial charge in [-0.1, -0.05) is 35.9 Å². The zero-order valence-corrected chi connectivity index (χ0v) is 16.7. The van der Waals surface area contributed by atoms with Crippen molar-refractivity contribution in [2.24, 2.45) is 5.92 Å². The number of benzene rings is 2. The Kier molecular flexibility index (Phi) is 5.36. The number of amides is 2. The molecule has 2 aromatic carbocycles. The summed E-state index contributed by atoms with van der Waals surface area (Å²) in [5.41, 5.74) is 3.51.